The van der Waals surface area contributed by atoms with Crippen LogP contribution in [0.1, 0.15) is 25.5 Å². The van der Waals surface area contributed by atoms with Crippen LogP contribution in [0, 0.1) is 0 Å². The second-order valence-corrected chi connectivity index (χ2v) is 8.27. The molecule has 1 aromatic carbocycles. The van der Waals surface area contributed by atoms with Gasteiger partial charge < -0.3 is 19.3 Å². The minimum atomic E-state index is -0.211. The summed E-state index contributed by atoms with van der Waals surface area (Å²) >= 11 is 0. The molecule has 8 nitrogen and oxygen atoms in total. The number of benzene rings is 1. The number of pyridine rings is 1. The summed E-state index contributed by atoms with van der Waals surface area (Å²) in [5.74, 6) is 0.460. The molecule has 4 rings (SSSR count). The molecule has 2 aromatic heterocycles. The maximum atomic E-state index is 11.7. The summed E-state index contributed by atoms with van der Waals surface area (Å²) in [6, 6.07) is 10.6. The number of aromatic nitrogens is 3. The fourth-order valence-electron chi connectivity index (χ4n) is 3.70. The monoisotopic (exact) mass is 435 g/mol. The van der Waals surface area contributed by atoms with Crippen molar-refractivity contribution in [2.75, 3.05) is 40.4 Å². The SMILES string of the molecule is CC(=O)N1CCO[C@H](COc2nc(-c3ccc(C(C)N(C)C)cc3)cc3nccnc23)C1. The van der Waals surface area contributed by atoms with E-state index < -0.39 is 0 Å². The number of hydrogen-bond donors (Lipinski definition) is 0. The van der Waals surface area contributed by atoms with Gasteiger partial charge in [0.25, 0.3) is 0 Å². The number of ether oxygens (including phenoxy) is 2. The van der Waals surface area contributed by atoms with Crippen LogP contribution in [0.25, 0.3) is 22.3 Å². The average Bonchev–Trinajstić information content (AvgIpc) is 2.82. The van der Waals surface area contributed by atoms with Crippen molar-refractivity contribution >= 4 is 16.9 Å². The van der Waals surface area contributed by atoms with E-state index in [-0.39, 0.29) is 18.6 Å². The predicted molar refractivity (Wildman–Crippen MR) is 122 cm³/mol. The molecular weight excluding hydrogens is 406 g/mol. The van der Waals surface area contributed by atoms with Crippen LogP contribution in [0.3, 0.4) is 0 Å². The summed E-state index contributed by atoms with van der Waals surface area (Å²) in [5, 5.41) is 0. The van der Waals surface area contributed by atoms with E-state index >= 15 is 0 Å². The van der Waals surface area contributed by atoms with E-state index in [9.17, 15) is 4.79 Å². The summed E-state index contributed by atoms with van der Waals surface area (Å²) in [6.45, 7) is 5.64. The molecule has 1 aliphatic heterocycles. The van der Waals surface area contributed by atoms with Gasteiger partial charge in [-0.15, -0.1) is 0 Å². The molecular formula is C24H29N5O3. The van der Waals surface area contributed by atoms with E-state index in [0.717, 1.165) is 11.3 Å². The third kappa shape index (κ3) is 4.87. The molecule has 1 saturated heterocycles. The number of morpholine rings is 1. The van der Waals surface area contributed by atoms with E-state index in [2.05, 4.69) is 60.2 Å². The molecule has 32 heavy (non-hydrogen) atoms. The normalized spacial score (nSPS) is 17.5. The number of rotatable bonds is 6. The number of amides is 1. The van der Waals surface area contributed by atoms with Crippen molar-refractivity contribution in [2.45, 2.75) is 26.0 Å². The highest BCUT2D eigenvalue weighted by Crippen LogP contribution is 2.28. The standard InChI is InChI=1S/C24H29N5O3/c1-16(28(3)4)18-5-7-19(8-6-18)21-13-22-23(26-10-9-25-22)24(27-21)32-15-20-14-29(17(2)30)11-12-31-20/h5-10,13,16,20H,11-12,14-15H2,1-4H3/t16?,20-/m0/s1. The Labute approximate surface area is 188 Å². The van der Waals surface area contributed by atoms with Crippen LogP contribution in [0.15, 0.2) is 42.7 Å². The van der Waals surface area contributed by atoms with Crippen molar-refractivity contribution in [1.29, 1.82) is 0 Å². The molecule has 3 heterocycles. The Morgan fingerprint density at radius 1 is 1.25 bits per heavy atom. The summed E-state index contributed by atoms with van der Waals surface area (Å²) < 4.78 is 11.8. The minimum absolute atomic E-state index is 0.0433. The fourth-order valence-corrected chi connectivity index (χ4v) is 3.70. The molecule has 0 aliphatic carbocycles. The van der Waals surface area contributed by atoms with Gasteiger partial charge in [0.05, 0.1) is 24.4 Å². The zero-order chi connectivity index (χ0) is 22.7. The Morgan fingerprint density at radius 3 is 2.72 bits per heavy atom. The molecule has 0 N–H and O–H groups in total. The molecule has 1 aliphatic rings. The average molecular weight is 436 g/mol. The summed E-state index contributed by atoms with van der Waals surface area (Å²) in [4.78, 5) is 29.3. The van der Waals surface area contributed by atoms with Crippen LogP contribution < -0.4 is 4.74 Å². The maximum absolute atomic E-state index is 11.7. The van der Waals surface area contributed by atoms with Crippen LogP contribution in [0.2, 0.25) is 0 Å². The number of carbonyl (C=O) groups excluding carboxylic acids is 1. The molecule has 0 radical (unpaired) electrons. The number of nitrogens with zero attached hydrogens (tertiary/aromatic N) is 5. The smallest absolute Gasteiger partial charge is 0.242 e. The zero-order valence-electron chi connectivity index (χ0n) is 19.0. The van der Waals surface area contributed by atoms with E-state index in [0.29, 0.717) is 42.7 Å². The van der Waals surface area contributed by atoms with E-state index in [1.54, 1.807) is 24.2 Å². The molecule has 0 bridgehead atoms. The van der Waals surface area contributed by atoms with Crippen LogP contribution in [0.4, 0.5) is 0 Å². The molecule has 0 spiro atoms. The molecule has 168 valence electrons. The molecule has 1 unspecified atom stereocenters. The van der Waals surface area contributed by atoms with E-state index in [1.165, 1.54) is 5.56 Å². The lowest BCUT2D eigenvalue weighted by Gasteiger charge is -2.32. The Kier molecular flexibility index (Phi) is 6.62. The first kappa shape index (κ1) is 22.1. The van der Waals surface area contributed by atoms with Gasteiger partial charge in [0.2, 0.25) is 11.8 Å². The highest BCUT2D eigenvalue weighted by atomic mass is 16.5. The molecule has 0 saturated carbocycles. The lowest BCUT2D eigenvalue weighted by atomic mass is 10.0. The first-order valence-electron chi connectivity index (χ1n) is 10.8. The number of carbonyl (C=O) groups is 1. The van der Waals surface area contributed by atoms with Gasteiger partial charge in [0, 0.05) is 37.5 Å². The quantitative estimate of drug-likeness (QED) is 0.589. The topological polar surface area (TPSA) is 80.7 Å². The lowest BCUT2D eigenvalue weighted by molar-refractivity contribution is -0.137. The van der Waals surface area contributed by atoms with Gasteiger partial charge in [-0.25, -0.2) is 9.97 Å². The molecule has 3 aromatic rings. The number of hydrogen-bond acceptors (Lipinski definition) is 7. The molecule has 2 atom stereocenters. The van der Waals surface area contributed by atoms with Gasteiger partial charge in [-0.3, -0.25) is 9.78 Å². The minimum Gasteiger partial charge on any atom is -0.473 e. The molecule has 1 amide bonds. The van der Waals surface area contributed by atoms with Crippen molar-refractivity contribution in [2.24, 2.45) is 0 Å². The van der Waals surface area contributed by atoms with Crippen LogP contribution in [0.5, 0.6) is 5.88 Å². The maximum Gasteiger partial charge on any atom is 0.242 e. The highest BCUT2D eigenvalue weighted by molar-refractivity contribution is 5.83. The number of fused-ring (bicyclic) bond motifs is 1. The van der Waals surface area contributed by atoms with Crippen molar-refractivity contribution in [1.82, 2.24) is 24.8 Å². The van der Waals surface area contributed by atoms with Crippen molar-refractivity contribution in [3.8, 4) is 17.1 Å². The lowest BCUT2D eigenvalue weighted by Crippen LogP contribution is -2.46. The Balaban J connectivity index is 1.58. The van der Waals surface area contributed by atoms with Gasteiger partial charge in [0.1, 0.15) is 12.7 Å². The Hall–Kier alpha value is -3.10. The Bertz CT molecular complexity index is 1090. The van der Waals surface area contributed by atoms with Crippen molar-refractivity contribution in [3.05, 3.63) is 48.3 Å². The third-order valence-electron chi connectivity index (χ3n) is 5.88. The van der Waals surface area contributed by atoms with Gasteiger partial charge >= 0.3 is 0 Å². The van der Waals surface area contributed by atoms with E-state index in [4.69, 9.17) is 14.5 Å². The second-order valence-electron chi connectivity index (χ2n) is 8.27. The summed E-state index contributed by atoms with van der Waals surface area (Å²) in [6.07, 6.45) is 3.08. The predicted octanol–water partition coefficient (Wildman–Crippen LogP) is 2.94. The van der Waals surface area contributed by atoms with E-state index in [1.807, 2.05) is 6.07 Å². The van der Waals surface area contributed by atoms with Gasteiger partial charge in [-0.05, 0) is 32.6 Å². The first-order chi connectivity index (χ1) is 15.4. The zero-order valence-corrected chi connectivity index (χ0v) is 19.0. The highest BCUT2D eigenvalue weighted by Gasteiger charge is 2.23. The molecule has 8 heteroatoms. The van der Waals surface area contributed by atoms with Gasteiger partial charge in [-0.1, -0.05) is 24.3 Å². The van der Waals surface area contributed by atoms with Crippen molar-refractivity contribution in [3.63, 3.8) is 0 Å². The summed E-state index contributed by atoms with van der Waals surface area (Å²) in [5.41, 5.74) is 4.31. The van der Waals surface area contributed by atoms with Crippen LogP contribution in [-0.4, -0.2) is 77.2 Å². The van der Waals surface area contributed by atoms with Crippen LogP contribution in [-0.2, 0) is 9.53 Å². The van der Waals surface area contributed by atoms with Crippen LogP contribution >= 0.6 is 0 Å². The van der Waals surface area contributed by atoms with Gasteiger partial charge in [-0.2, -0.15) is 0 Å². The van der Waals surface area contributed by atoms with Crippen molar-refractivity contribution < 1.29 is 14.3 Å². The Morgan fingerprint density at radius 2 is 2.00 bits per heavy atom. The fraction of sp³-hybridized carbons (Fsp3) is 0.417. The second kappa shape index (κ2) is 9.58. The third-order valence-corrected chi connectivity index (χ3v) is 5.88. The largest absolute Gasteiger partial charge is 0.473 e. The first-order valence-corrected chi connectivity index (χ1v) is 10.8. The summed E-state index contributed by atoms with van der Waals surface area (Å²) in [7, 11) is 4.13. The molecule has 1 fully saturated rings. The van der Waals surface area contributed by atoms with Gasteiger partial charge in [0.15, 0.2) is 5.52 Å².